The van der Waals surface area contributed by atoms with Gasteiger partial charge in [-0.05, 0) is 58.3 Å². The van der Waals surface area contributed by atoms with Crippen LogP contribution < -0.4 is 10.6 Å². The highest BCUT2D eigenvalue weighted by molar-refractivity contribution is 5.67. The molecule has 3 aliphatic rings. The molecular formula is C14H24N2O2. The first kappa shape index (κ1) is 12.3. The van der Waals surface area contributed by atoms with Crippen molar-refractivity contribution in [2.24, 2.45) is 11.8 Å². The first-order valence-corrected chi connectivity index (χ1v) is 7.11. The number of alkyl carbamates (subject to hydrolysis) is 1. The summed E-state index contributed by atoms with van der Waals surface area (Å²) in [5.41, 5.74) is 0.0296. The van der Waals surface area contributed by atoms with Crippen molar-refractivity contribution in [3.05, 3.63) is 0 Å². The summed E-state index contributed by atoms with van der Waals surface area (Å²) < 4.78 is 5.27. The molecule has 2 N–H and O–H groups in total. The van der Waals surface area contributed by atoms with Gasteiger partial charge < -0.3 is 15.4 Å². The Labute approximate surface area is 109 Å². The van der Waals surface area contributed by atoms with Crippen LogP contribution in [-0.2, 0) is 4.74 Å². The van der Waals surface area contributed by atoms with E-state index in [-0.39, 0.29) is 6.09 Å². The fraction of sp³-hybridized carbons (Fsp3) is 0.929. The maximum atomic E-state index is 11.6. The van der Waals surface area contributed by atoms with Crippen molar-refractivity contribution in [1.29, 1.82) is 0 Å². The van der Waals surface area contributed by atoms with Crippen molar-refractivity contribution in [3.8, 4) is 0 Å². The third kappa shape index (κ3) is 2.63. The lowest BCUT2D eigenvalue weighted by Gasteiger charge is -2.31. The molecule has 2 saturated carbocycles. The van der Waals surface area contributed by atoms with Gasteiger partial charge in [0.1, 0.15) is 5.60 Å². The molecule has 0 aromatic heterocycles. The highest BCUT2D eigenvalue weighted by Gasteiger charge is 2.58. The Morgan fingerprint density at radius 3 is 2.78 bits per heavy atom. The standard InChI is InChI=1S/C14H24N2O2/c1-13(2,3)18-12(17)15-8-11-10-6-9(10)7-14(16-11)4-5-14/h9-11,16H,4-8H2,1-3H3,(H,15,17). The molecule has 1 aliphatic heterocycles. The Bertz CT molecular complexity index is 357. The lowest BCUT2D eigenvalue weighted by molar-refractivity contribution is 0.0517. The largest absolute Gasteiger partial charge is 0.444 e. The number of fused-ring (bicyclic) bond motifs is 1. The summed E-state index contributed by atoms with van der Waals surface area (Å²) in [5.74, 6) is 1.70. The molecule has 2 aliphatic carbocycles. The van der Waals surface area contributed by atoms with Crippen molar-refractivity contribution >= 4 is 6.09 Å². The van der Waals surface area contributed by atoms with Crippen LogP contribution in [0, 0.1) is 11.8 Å². The molecule has 4 heteroatoms. The van der Waals surface area contributed by atoms with Crippen LogP contribution in [0.1, 0.15) is 46.5 Å². The second-order valence-corrected chi connectivity index (χ2v) is 7.28. The Morgan fingerprint density at radius 2 is 2.17 bits per heavy atom. The molecule has 1 amide bonds. The van der Waals surface area contributed by atoms with E-state index in [1.54, 1.807) is 0 Å². The third-order valence-electron chi connectivity index (χ3n) is 4.36. The fourth-order valence-corrected chi connectivity index (χ4v) is 3.27. The van der Waals surface area contributed by atoms with Gasteiger partial charge in [0.25, 0.3) is 0 Å². The Balaban J connectivity index is 1.47. The number of rotatable bonds is 2. The van der Waals surface area contributed by atoms with E-state index in [1.807, 2.05) is 20.8 Å². The van der Waals surface area contributed by atoms with Gasteiger partial charge in [-0.2, -0.15) is 0 Å². The quantitative estimate of drug-likeness (QED) is 0.790. The smallest absolute Gasteiger partial charge is 0.407 e. The predicted octanol–water partition coefficient (Wildman–Crippen LogP) is 2.04. The topological polar surface area (TPSA) is 50.4 Å². The van der Waals surface area contributed by atoms with Crippen LogP contribution in [0.4, 0.5) is 4.79 Å². The maximum Gasteiger partial charge on any atom is 0.407 e. The van der Waals surface area contributed by atoms with Crippen molar-refractivity contribution < 1.29 is 9.53 Å². The lowest BCUT2D eigenvalue weighted by atomic mass is 9.97. The van der Waals surface area contributed by atoms with E-state index in [2.05, 4.69) is 10.6 Å². The summed E-state index contributed by atoms with van der Waals surface area (Å²) in [4.78, 5) is 11.6. The van der Waals surface area contributed by atoms with Gasteiger partial charge in [-0.25, -0.2) is 4.79 Å². The first-order valence-electron chi connectivity index (χ1n) is 7.11. The molecule has 0 radical (unpaired) electrons. The molecule has 4 nitrogen and oxygen atoms in total. The van der Waals surface area contributed by atoms with Crippen LogP contribution >= 0.6 is 0 Å². The molecule has 1 spiro atoms. The van der Waals surface area contributed by atoms with Gasteiger partial charge in [-0.1, -0.05) is 0 Å². The number of hydrogen-bond donors (Lipinski definition) is 2. The van der Waals surface area contributed by atoms with E-state index in [9.17, 15) is 4.79 Å². The minimum atomic E-state index is -0.413. The first-order chi connectivity index (χ1) is 8.37. The van der Waals surface area contributed by atoms with Crippen molar-refractivity contribution in [2.75, 3.05) is 6.54 Å². The number of carbonyl (C=O) groups excluding carboxylic acids is 1. The monoisotopic (exact) mass is 252 g/mol. The molecule has 102 valence electrons. The van der Waals surface area contributed by atoms with E-state index in [4.69, 9.17) is 4.74 Å². The predicted molar refractivity (Wildman–Crippen MR) is 69.3 cm³/mol. The van der Waals surface area contributed by atoms with Gasteiger partial charge in [0.2, 0.25) is 0 Å². The molecule has 1 heterocycles. The van der Waals surface area contributed by atoms with Gasteiger partial charge in [-0.15, -0.1) is 0 Å². The second kappa shape index (κ2) is 3.86. The van der Waals surface area contributed by atoms with Crippen molar-refractivity contribution in [2.45, 2.75) is 63.6 Å². The number of nitrogens with one attached hydrogen (secondary N) is 2. The van der Waals surface area contributed by atoms with E-state index >= 15 is 0 Å². The van der Waals surface area contributed by atoms with Gasteiger partial charge in [0.15, 0.2) is 0 Å². The fourth-order valence-electron chi connectivity index (χ4n) is 3.27. The summed E-state index contributed by atoms with van der Waals surface area (Å²) in [6.45, 7) is 6.38. The highest BCUT2D eigenvalue weighted by Crippen LogP contribution is 2.56. The summed E-state index contributed by atoms with van der Waals surface area (Å²) in [5, 5.41) is 6.65. The van der Waals surface area contributed by atoms with Crippen LogP contribution in [0.3, 0.4) is 0 Å². The zero-order valence-electron chi connectivity index (χ0n) is 11.6. The third-order valence-corrected chi connectivity index (χ3v) is 4.36. The average Bonchev–Trinajstić information content (AvgIpc) is 3.11. The molecule has 1 saturated heterocycles. The molecule has 0 bridgehead atoms. The molecule has 3 atom stereocenters. The summed E-state index contributed by atoms with van der Waals surface area (Å²) in [6.07, 6.45) is 5.05. The minimum Gasteiger partial charge on any atom is -0.444 e. The van der Waals surface area contributed by atoms with E-state index in [1.165, 1.54) is 25.7 Å². The normalized spacial score (nSPS) is 35.8. The summed E-state index contributed by atoms with van der Waals surface area (Å²) >= 11 is 0. The molecule has 3 fully saturated rings. The zero-order valence-corrected chi connectivity index (χ0v) is 11.6. The number of ether oxygens (including phenoxy) is 1. The number of hydrogen-bond acceptors (Lipinski definition) is 3. The Morgan fingerprint density at radius 1 is 1.44 bits per heavy atom. The van der Waals surface area contributed by atoms with Gasteiger partial charge in [0, 0.05) is 18.1 Å². The van der Waals surface area contributed by atoms with Crippen LogP contribution in [0.2, 0.25) is 0 Å². The molecule has 0 aromatic carbocycles. The number of amides is 1. The van der Waals surface area contributed by atoms with E-state index in [0.717, 1.165) is 11.8 Å². The van der Waals surface area contributed by atoms with E-state index < -0.39 is 5.60 Å². The minimum absolute atomic E-state index is 0.295. The van der Waals surface area contributed by atoms with Crippen LogP contribution in [0.25, 0.3) is 0 Å². The van der Waals surface area contributed by atoms with Crippen LogP contribution in [0.15, 0.2) is 0 Å². The van der Waals surface area contributed by atoms with Crippen molar-refractivity contribution in [3.63, 3.8) is 0 Å². The molecular weight excluding hydrogens is 228 g/mol. The maximum absolute atomic E-state index is 11.6. The second-order valence-electron chi connectivity index (χ2n) is 7.28. The summed E-state index contributed by atoms with van der Waals surface area (Å²) in [7, 11) is 0. The Hall–Kier alpha value is -0.770. The molecule has 3 unspecified atom stereocenters. The Kier molecular flexibility index (Phi) is 2.63. The van der Waals surface area contributed by atoms with Crippen LogP contribution in [-0.4, -0.2) is 29.8 Å². The van der Waals surface area contributed by atoms with Crippen molar-refractivity contribution in [1.82, 2.24) is 10.6 Å². The zero-order chi connectivity index (χ0) is 13.0. The molecule has 3 rings (SSSR count). The lowest BCUT2D eigenvalue weighted by Crippen LogP contribution is -2.51. The van der Waals surface area contributed by atoms with Gasteiger partial charge >= 0.3 is 6.09 Å². The molecule has 0 aromatic rings. The van der Waals surface area contributed by atoms with E-state index in [0.29, 0.717) is 18.1 Å². The van der Waals surface area contributed by atoms with Gasteiger partial charge in [0.05, 0.1) is 0 Å². The van der Waals surface area contributed by atoms with Gasteiger partial charge in [-0.3, -0.25) is 0 Å². The highest BCUT2D eigenvalue weighted by atomic mass is 16.6. The SMILES string of the molecule is CC(C)(C)OC(=O)NCC1NC2(CC2)CC2CC21. The summed E-state index contributed by atoms with van der Waals surface area (Å²) in [6, 6.07) is 0.457. The number of piperidine rings is 1. The average molecular weight is 252 g/mol. The molecule has 18 heavy (non-hydrogen) atoms. The van der Waals surface area contributed by atoms with Crippen LogP contribution in [0.5, 0.6) is 0 Å². The number of carbonyl (C=O) groups is 1.